The number of rotatable bonds is 5. The molecule has 0 fully saturated rings. The lowest BCUT2D eigenvalue weighted by Crippen LogP contribution is -1.93. The van der Waals surface area contributed by atoms with Gasteiger partial charge in [0, 0.05) is 16.5 Å². The summed E-state index contributed by atoms with van der Waals surface area (Å²) in [6.07, 6.45) is 0.791. The number of aldehydes is 1. The third kappa shape index (κ3) is 3.16. The Balaban J connectivity index is 1.68. The first-order valence-corrected chi connectivity index (χ1v) is 8.68. The minimum Gasteiger partial charge on any atom is -0.497 e. The molecule has 0 aliphatic rings. The predicted molar refractivity (Wildman–Crippen MR) is 99.6 cm³/mol. The van der Waals surface area contributed by atoms with Gasteiger partial charge in [0.2, 0.25) is 5.16 Å². The number of ether oxygens (including phenoxy) is 1. The molecule has 0 saturated carbocycles. The van der Waals surface area contributed by atoms with Gasteiger partial charge in [-0.1, -0.05) is 30.3 Å². The number of hydrogen-bond acceptors (Lipinski definition) is 6. The van der Waals surface area contributed by atoms with Crippen LogP contribution in [0.15, 0.2) is 64.8 Å². The molecule has 0 amide bonds. The lowest BCUT2D eigenvalue weighted by molar-refractivity contribution is 0.112. The fourth-order valence-corrected chi connectivity index (χ4v) is 3.32. The number of aromatic amines is 1. The number of benzene rings is 2. The molecule has 0 aliphatic heterocycles. The molecule has 0 bridgehead atoms. The standard InChI is InChI=1S/C19H14N4O2S/c1-25-15-7-8-16-13(10-15)9-14(11-24)18(20-16)26-19-21-17(22-23-19)12-5-3-2-4-6-12/h2-11H,1H3,(H,21,22,23). The second kappa shape index (κ2) is 6.97. The van der Waals surface area contributed by atoms with Crippen molar-refractivity contribution in [1.29, 1.82) is 0 Å². The van der Waals surface area contributed by atoms with Crippen molar-refractivity contribution in [2.45, 2.75) is 10.2 Å². The van der Waals surface area contributed by atoms with Crippen molar-refractivity contribution in [2.24, 2.45) is 0 Å². The summed E-state index contributed by atoms with van der Waals surface area (Å²) in [5.74, 6) is 1.39. The molecule has 1 N–H and O–H groups in total. The maximum absolute atomic E-state index is 11.5. The molecule has 0 atom stereocenters. The first-order chi connectivity index (χ1) is 12.8. The summed E-state index contributed by atoms with van der Waals surface area (Å²) >= 11 is 1.25. The van der Waals surface area contributed by atoms with Crippen LogP contribution in [-0.2, 0) is 0 Å². The Bertz CT molecular complexity index is 1080. The van der Waals surface area contributed by atoms with Crippen LogP contribution in [-0.4, -0.2) is 33.6 Å². The van der Waals surface area contributed by atoms with Gasteiger partial charge in [0.1, 0.15) is 10.8 Å². The highest BCUT2D eigenvalue weighted by Crippen LogP contribution is 2.30. The number of fused-ring (bicyclic) bond motifs is 1. The monoisotopic (exact) mass is 362 g/mol. The Morgan fingerprint density at radius 1 is 1.08 bits per heavy atom. The molecule has 6 nitrogen and oxygen atoms in total. The van der Waals surface area contributed by atoms with E-state index in [1.165, 1.54) is 11.8 Å². The summed E-state index contributed by atoms with van der Waals surface area (Å²) in [7, 11) is 1.60. The summed E-state index contributed by atoms with van der Waals surface area (Å²) in [6, 6.07) is 17.1. The lowest BCUT2D eigenvalue weighted by atomic mass is 10.1. The molecule has 26 heavy (non-hydrogen) atoms. The van der Waals surface area contributed by atoms with Crippen LogP contribution in [0.2, 0.25) is 0 Å². The number of nitrogens with zero attached hydrogens (tertiary/aromatic N) is 3. The van der Waals surface area contributed by atoms with Crippen molar-refractivity contribution < 1.29 is 9.53 Å². The number of methoxy groups -OCH3 is 1. The number of carbonyl (C=O) groups excluding carboxylic acids is 1. The van der Waals surface area contributed by atoms with Crippen LogP contribution in [0.4, 0.5) is 0 Å². The zero-order valence-electron chi connectivity index (χ0n) is 13.8. The Labute approximate surface area is 153 Å². The van der Waals surface area contributed by atoms with Gasteiger partial charge in [0.25, 0.3) is 0 Å². The van der Waals surface area contributed by atoms with Crippen LogP contribution in [0.25, 0.3) is 22.3 Å². The summed E-state index contributed by atoms with van der Waals surface area (Å²) < 4.78 is 5.22. The Kier molecular flexibility index (Phi) is 4.37. The zero-order valence-corrected chi connectivity index (χ0v) is 14.7. The molecule has 0 aliphatic carbocycles. The molecular formula is C19H14N4O2S. The van der Waals surface area contributed by atoms with Gasteiger partial charge in [0.15, 0.2) is 12.1 Å². The number of hydrogen-bond donors (Lipinski definition) is 1. The number of H-pyrrole nitrogens is 1. The number of aromatic nitrogens is 4. The Morgan fingerprint density at radius 3 is 2.69 bits per heavy atom. The molecule has 2 heterocycles. The van der Waals surface area contributed by atoms with Crippen LogP contribution in [0.1, 0.15) is 10.4 Å². The second-order valence-corrected chi connectivity index (χ2v) is 6.45. The van der Waals surface area contributed by atoms with Gasteiger partial charge in [-0.2, -0.15) is 0 Å². The number of pyridine rings is 1. The van der Waals surface area contributed by atoms with Gasteiger partial charge in [-0.05, 0) is 36.0 Å². The van der Waals surface area contributed by atoms with Gasteiger partial charge in [-0.15, -0.1) is 5.10 Å². The molecule has 7 heteroatoms. The summed E-state index contributed by atoms with van der Waals surface area (Å²) in [6.45, 7) is 0. The maximum Gasteiger partial charge on any atom is 0.215 e. The predicted octanol–water partition coefficient (Wildman–Crippen LogP) is 3.99. The normalized spacial score (nSPS) is 10.8. The molecular weight excluding hydrogens is 348 g/mol. The van der Waals surface area contributed by atoms with E-state index < -0.39 is 0 Å². The second-order valence-electron chi connectivity index (χ2n) is 5.49. The van der Waals surface area contributed by atoms with Crippen molar-refractivity contribution in [2.75, 3.05) is 7.11 Å². The van der Waals surface area contributed by atoms with E-state index in [1.807, 2.05) is 48.5 Å². The van der Waals surface area contributed by atoms with Gasteiger partial charge >= 0.3 is 0 Å². The van der Waals surface area contributed by atoms with E-state index in [9.17, 15) is 4.79 Å². The smallest absolute Gasteiger partial charge is 0.215 e. The highest BCUT2D eigenvalue weighted by molar-refractivity contribution is 7.99. The topological polar surface area (TPSA) is 80.8 Å². The van der Waals surface area contributed by atoms with E-state index in [4.69, 9.17) is 4.74 Å². The van der Waals surface area contributed by atoms with Crippen molar-refractivity contribution in [3.63, 3.8) is 0 Å². The minimum absolute atomic E-state index is 0.488. The van der Waals surface area contributed by atoms with E-state index in [2.05, 4.69) is 20.2 Å². The fourth-order valence-electron chi connectivity index (χ4n) is 2.55. The first kappa shape index (κ1) is 16.3. The average Bonchev–Trinajstić information content (AvgIpc) is 3.16. The molecule has 0 spiro atoms. The fraction of sp³-hybridized carbons (Fsp3) is 0.0526. The Morgan fingerprint density at radius 2 is 1.92 bits per heavy atom. The number of carbonyl (C=O) groups is 1. The van der Waals surface area contributed by atoms with E-state index in [0.717, 1.165) is 28.5 Å². The summed E-state index contributed by atoms with van der Waals surface area (Å²) in [4.78, 5) is 20.6. The molecule has 2 aromatic carbocycles. The zero-order chi connectivity index (χ0) is 17.9. The molecule has 128 valence electrons. The minimum atomic E-state index is 0.488. The van der Waals surface area contributed by atoms with Crippen molar-refractivity contribution in [3.8, 4) is 17.1 Å². The number of nitrogens with one attached hydrogen (secondary N) is 1. The van der Waals surface area contributed by atoms with E-state index >= 15 is 0 Å². The summed E-state index contributed by atoms with van der Waals surface area (Å²) in [5.41, 5.74) is 2.21. The third-order valence-electron chi connectivity index (χ3n) is 3.84. The van der Waals surface area contributed by atoms with Crippen LogP contribution in [0.3, 0.4) is 0 Å². The van der Waals surface area contributed by atoms with E-state index in [1.54, 1.807) is 13.2 Å². The molecule has 4 aromatic rings. The average molecular weight is 362 g/mol. The first-order valence-electron chi connectivity index (χ1n) is 7.86. The quantitative estimate of drug-likeness (QED) is 0.541. The lowest BCUT2D eigenvalue weighted by Gasteiger charge is -2.06. The SMILES string of the molecule is COc1ccc2nc(Sc3n[nH]c(-c4ccccc4)n3)c(C=O)cc2c1. The highest BCUT2D eigenvalue weighted by Gasteiger charge is 2.13. The molecule has 0 radical (unpaired) electrons. The third-order valence-corrected chi connectivity index (χ3v) is 4.73. The van der Waals surface area contributed by atoms with Crippen LogP contribution >= 0.6 is 11.8 Å². The van der Waals surface area contributed by atoms with E-state index in [0.29, 0.717) is 21.6 Å². The van der Waals surface area contributed by atoms with Crippen LogP contribution < -0.4 is 4.74 Å². The van der Waals surface area contributed by atoms with Crippen LogP contribution in [0, 0.1) is 0 Å². The van der Waals surface area contributed by atoms with Crippen molar-refractivity contribution in [1.82, 2.24) is 20.2 Å². The van der Waals surface area contributed by atoms with Crippen LogP contribution in [0.5, 0.6) is 5.75 Å². The van der Waals surface area contributed by atoms with Gasteiger partial charge < -0.3 is 4.74 Å². The Hall–Kier alpha value is -3.19. The molecule has 0 saturated heterocycles. The molecule has 4 rings (SSSR count). The van der Waals surface area contributed by atoms with Gasteiger partial charge in [-0.3, -0.25) is 9.89 Å². The van der Waals surface area contributed by atoms with Gasteiger partial charge in [0.05, 0.1) is 12.6 Å². The molecule has 2 aromatic heterocycles. The maximum atomic E-state index is 11.5. The summed E-state index contributed by atoms with van der Waals surface area (Å²) in [5, 5.41) is 9.06. The molecule has 0 unspecified atom stereocenters. The van der Waals surface area contributed by atoms with Gasteiger partial charge in [-0.25, -0.2) is 9.97 Å². The highest BCUT2D eigenvalue weighted by atomic mass is 32.2. The van der Waals surface area contributed by atoms with Crippen molar-refractivity contribution >= 4 is 29.0 Å². The largest absolute Gasteiger partial charge is 0.497 e. The van der Waals surface area contributed by atoms with E-state index in [-0.39, 0.29) is 0 Å². The van der Waals surface area contributed by atoms with Crippen molar-refractivity contribution in [3.05, 3.63) is 60.2 Å².